The minimum atomic E-state index is -0.680. The normalized spacial score (nSPS) is 17.0. The summed E-state index contributed by atoms with van der Waals surface area (Å²) in [4.78, 5) is 51.5. The average molecular weight is 372 g/mol. The van der Waals surface area contributed by atoms with E-state index in [1.807, 2.05) is 6.92 Å². The highest BCUT2D eigenvalue weighted by molar-refractivity contribution is 6.21. The van der Waals surface area contributed by atoms with Gasteiger partial charge in [0.15, 0.2) is 6.61 Å². The molecule has 0 unspecified atom stereocenters. The molecule has 7 nitrogen and oxygen atoms in total. The van der Waals surface area contributed by atoms with Gasteiger partial charge in [0, 0.05) is 19.6 Å². The number of nitrogens with zero attached hydrogens (tertiary/aromatic N) is 2. The van der Waals surface area contributed by atoms with Gasteiger partial charge in [0.25, 0.3) is 17.7 Å². The predicted molar refractivity (Wildman–Crippen MR) is 97.4 cm³/mol. The van der Waals surface area contributed by atoms with E-state index in [1.165, 1.54) is 31.7 Å². The van der Waals surface area contributed by atoms with Crippen molar-refractivity contribution >= 4 is 23.7 Å². The van der Waals surface area contributed by atoms with E-state index in [-0.39, 0.29) is 35.2 Å². The van der Waals surface area contributed by atoms with E-state index < -0.39 is 17.8 Å². The maximum Gasteiger partial charge on any atom is 0.338 e. The molecule has 2 aliphatic rings. The van der Waals surface area contributed by atoms with Crippen molar-refractivity contribution in [3.8, 4) is 0 Å². The lowest BCUT2D eigenvalue weighted by Gasteiger charge is -2.33. The zero-order chi connectivity index (χ0) is 19.6. The summed E-state index contributed by atoms with van der Waals surface area (Å²) in [5.74, 6) is -1.73. The highest BCUT2D eigenvalue weighted by Crippen LogP contribution is 2.24. The number of carbonyl (C=O) groups excluding carboxylic acids is 4. The van der Waals surface area contributed by atoms with E-state index in [0.717, 1.165) is 30.6 Å². The molecule has 3 rings (SSSR count). The van der Waals surface area contributed by atoms with Crippen molar-refractivity contribution in [2.75, 3.05) is 20.2 Å². The standard InChI is InChI=1S/C20H24N2O5/c1-3-22(14-7-5-4-6-8-14)17(23)12-27-20(26)13-9-10-15-16(11-13)19(25)21(2)18(15)24/h9-11,14H,3-8,12H2,1-2H3. The summed E-state index contributed by atoms with van der Waals surface area (Å²) in [6.45, 7) is 2.18. The summed E-state index contributed by atoms with van der Waals surface area (Å²) >= 11 is 0. The monoisotopic (exact) mass is 372 g/mol. The van der Waals surface area contributed by atoms with Crippen molar-refractivity contribution in [1.82, 2.24) is 9.80 Å². The van der Waals surface area contributed by atoms with Gasteiger partial charge in [0.05, 0.1) is 16.7 Å². The van der Waals surface area contributed by atoms with E-state index in [9.17, 15) is 19.2 Å². The van der Waals surface area contributed by atoms with Gasteiger partial charge in [-0.15, -0.1) is 0 Å². The smallest absolute Gasteiger partial charge is 0.338 e. The molecule has 1 heterocycles. The quantitative estimate of drug-likeness (QED) is 0.585. The van der Waals surface area contributed by atoms with Crippen molar-refractivity contribution in [1.29, 1.82) is 0 Å². The molecule has 1 saturated carbocycles. The van der Waals surface area contributed by atoms with Crippen LogP contribution in [0.5, 0.6) is 0 Å². The molecule has 27 heavy (non-hydrogen) atoms. The minimum Gasteiger partial charge on any atom is -0.452 e. The second-order valence-corrected chi connectivity index (χ2v) is 6.98. The molecule has 144 valence electrons. The van der Waals surface area contributed by atoms with E-state index in [2.05, 4.69) is 0 Å². The number of fused-ring (bicyclic) bond motifs is 1. The Labute approximate surface area is 158 Å². The van der Waals surface area contributed by atoms with Crippen LogP contribution in [0.1, 0.15) is 70.1 Å². The molecule has 1 aliphatic heterocycles. The van der Waals surface area contributed by atoms with Gasteiger partial charge >= 0.3 is 5.97 Å². The summed E-state index contributed by atoms with van der Waals surface area (Å²) in [6, 6.07) is 4.45. The summed E-state index contributed by atoms with van der Waals surface area (Å²) in [5, 5.41) is 0. The van der Waals surface area contributed by atoms with Gasteiger partial charge in [-0.1, -0.05) is 19.3 Å². The predicted octanol–water partition coefficient (Wildman–Crippen LogP) is 2.25. The third-order valence-corrected chi connectivity index (χ3v) is 5.33. The summed E-state index contributed by atoms with van der Waals surface area (Å²) in [6.07, 6.45) is 5.41. The van der Waals surface area contributed by atoms with Crippen molar-refractivity contribution in [3.63, 3.8) is 0 Å². The number of benzene rings is 1. The minimum absolute atomic E-state index is 0.152. The number of carbonyl (C=O) groups is 4. The maximum absolute atomic E-state index is 12.5. The Hall–Kier alpha value is -2.70. The van der Waals surface area contributed by atoms with Gasteiger partial charge in [-0.25, -0.2) is 4.79 Å². The molecule has 3 amide bonds. The Morgan fingerprint density at radius 1 is 1.11 bits per heavy atom. The van der Waals surface area contributed by atoms with Crippen molar-refractivity contribution in [2.45, 2.75) is 45.1 Å². The van der Waals surface area contributed by atoms with E-state index in [0.29, 0.717) is 6.54 Å². The molecular weight excluding hydrogens is 348 g/mol. The molecule has 0 aromatic heterocycles. The van der Waals surface area contributed by atoms with Gasteiger partial charge in [-0.2, -0.15) is 0 Å². The first kappa shape index (κ1) is 19.1. The Bertz CT molecular complexity index is 783. The summed E-state index contributed by atoms with van der Waals surface area (Å²) < 4.78 is 5.17. The number of hydrogen-bond acceptors (Lipinski definition) is 5. The van der Waals surface area contributed by atoms with Crippen LogP contribution < -0.4 is 0 Å². The first-order valence-electron chi connectivity index (χ1n) is 9.37. The average Bonchev–Trinajstić information content (AvgIpc) is 2.91. The van der Waals surface area contributed by atoms with E-state index in [1.54, 1.807) is 4.90 Å². The largest absolute Gasteiger partial charge is 0.452 e. The maximum atomic E-state index is 12.5. The zero-order valence-corrected chi connectivity index (χ0v) is 15.7. The molecule has 0 bridgehead atoms. The first-order chi connectivity index (χ1) is 12.9. The molecule has 0 spiro atoms. The van der Waals surface area contributed by atoms with E-state index in [4.69, 9.17) is 4.74 Å². The fraction of sp³-hybridized carbons (Fsp3) is 0.500. The fourth-order valence-electron chi connectivity index (χ4n) is 3.81. The molecule has 0 radical (unpaired) electrons. The first-order valence-corrected chi connectivity index (χ1v) is 9.37. The molecule has 1 aromatic rings. The van der Waals surface area contributed by atoms with Crippen LogP contribution in [-0.4, -0.2) is 59.7 Å². The molecule has 1 fully saturated rings. The number of esters is 1. The van der Waals surface area contributed by atoms with Crippen molar-refractivity contribution in [2.24, 2.45) is 0 Å². The van der Waals surface area contributed by atoms with Gasteiger partial charge < -0.3 is 9.64 Å². The van der Waals surface area contributed by atoms with Crippen LogP contribution in [0.25, 0.3) is 0 Å². The molecule has 0 atom stereocenters. The number of imide groups is 1. The SMILES string of the molecule is CCN(C(=O)COC(=O)c1ccc2c(c1)C(=O)N(C)C2=O)C1CCCCC1. The summed E-state index contributed by atoms with van der Waals surface area (Å²) in [5.41, 5.74) is 0.601. The van der Waals surface area contributed by atoms with Crippen molar-refractivity contribution < 1.29 is 23.9 Å². The molecule has 0 N–H and O–H groups in total. The van der Waals surface area contributed by atoms with Crippen LogP contribution in [0.2, 0.25) is 0 Å². The van der Waals surface area contributed by atoms with E-state index >= 15 is 0 Å². The number of ether oxygens (including phenoxy) is 1. The Morgan fingerprint density at radius 2 is 1.78 bits per heavy atom. The summed E-state index contributed by atoms with van der Waals surface area (Å²) in [7, 11) is 1.39. The number of likely N-dealkylation sites (N-methyl/N-ethyl adjacent to an activating group) is 1. The third-order valence-electron chi connectivity index (χ3n) is 5.33. The van der Waals surface area contributed by atoms with Gasteiger partial charge in [-0.05, 0) is 38.0 Å². The van der Waals surface area contributed by atoms with Gasteiger partial charge in [0.2, 0.25) is 0 Å². The van der Waals surface area contributed by atoms with Gasteiger partial charge in [-0.3, -0.25) is 19.3 Å². The molecule has 0 saturated heterocycles. The van der Waals surface area contributed by atoms with Crippen LogP contribution in [0.3, 0.4) is 0 Å². The van der Waals surface area contributed by atoms with Crippen LogP contribution in [-0.2, 0) is 9.53 Å². The Balaban J connectivity index is 1.63. The van der Waals surface area contributed by atoms with Crippen LogP contribution in [0.15, 0.2) is 18.2 Å². The van der Waals surface area contributed by atoms with Crippen molar-refractivity contribution in [3.05, 3.63) is 34.9 Å². The Kier molecular flexibility index (Phi) is 5.58. The molecule has 1 aromatic carbocycles. The third kappa shape index (κ3) is 3.72. The lowest BCUT2D eigenvalue weighted by Crippen LogP contribution is -2.43. The topological polar surface area (TPSA) is 84.0 Å². The molecular formula is C20H24N2O5. The number of rotatable bonds is 5. The highest BCUT2D eigenvalue weighted by Gasteiger charge is 2.33. The fourth-order valence-corrected chi connectivity index (χ4v) is 3.81. The second kappa shape index (κ2) is 7.90. The van der Waals surface area contributed by atoms with Crippen LogP contribution in [0.4, 0.5) is 0 Å². The Morgan fingerprint density at radius 3 is 2.44 bits per heavy atom. The van der Waals surface area contributed by atoms with Crippen LogP contribution >= 0.6 is 0 Å². The number of hydrogen-bond donors (Lipinski definition) is 0. The lowest BCUT2D eigenvalue weighted by molar-refractivity contribution is -0.137. The molecule has 1 aliphatic carbocycles. The molecule has 7 heteroatoms. The lowest BCUT2D eigenvalue weighted by atomic mass is 9.94. The van der Waals surface area contributed by atoms with Crippen LogP contribution in [0, 0.1) is 0 Å². The second-order valence-electron chi connectivity index (χ2n) is 6.98. The highest BCUT2D eigenvalue weighted by atomic mass is 16.5. The zero-order valence-electron chi connectivity index (χ0n) is 15.7. The van der Waals surface area contributed by atoms with Gasteiger partial charge in [0.1, 0.15) is 0 Å². The number of amides is 3.